The zero-order chi connectivity index (χ0) is 13.3. The van der Waals surface area contributed by atoms with Crippen LogP contribution < -0.4 is 5.73 Å². The van der Waals surface area contributed by atoms with E-state index in [0.717, 1.165) is 25.7 Å². The molecule has 102 valence electrons. The van der Waals surface area contributed by atoms with Crippen molar-refractivity contribution >= 4 is 11.9 Å². The van der Waals surface area contributed by atoms with Crippen molar-refractivity contribution in [2.24, 2.45) is 23.5 Å². The van der Waals surface area contributed by atoms with Gasteiger partial charge in [0, 0.05) is 19.1 Å². The SMILES string of the molecule is CC1CN(C(=O)C2CCCCC2N)CC1C(=O)O. The van der Waals surface area contributed by atoms with E-state index < -0.39 is 11.9 Å². The van der Waals surface area contributed by atoms with Gasteiger partial charge in [0.2, 0.25) is 5.91 Å². The molecule has 1 heterocycles. The number of rotatable bonds is 2. The number of nitrogens with zero attached hydrogens (tertiary/aromatic N) is 1. The van der Waals surface area contributed by atoms with Crippen molar-refractivity contribution in [2.45, 2.75) is 38.6 Å². The summed E-state index contributed by atoms with van der Waals surface area (Å²) in [5.74, 6) is -1.22. The van der Waals surface area contributed by atoms with Gasteiger partial charge >= 0.3 is 5.97 Å². The van der Waals surface area contributed by atoms with Crippen molar-refractivity contribution in [3.8, 4) is 0 Å². The van der Waals surface area contributed by atoms with E-state index in [1.807, 2.05) is 6.92 Å². The fourth-order valence-electron chi connectivity index (χ4n) is 3.17. The van der Waals surface area contributed by atoms with Gasteiger partial charge in [0.25, 0.3) is 0 Å². The number of carbonyl (C=O) groups is 2. The number of nitrogens with two attached hydrogens (primary N) is 1. The molecule has 0 spiro atoms. The van der Waals surface area contributed by atoms with Crippen LogP contribution in [0.15, 0.2) is 0 Å². The number of amides is 1. The van der Waals surface area contributed by atoms with Crippen molar-refractivity contribution in [1.29, 1.82) is 0 Å². The lowest BCUT2D eigenvalue weighted by atomic mass is 9.84. The third kappa shape index (κ3) is 2.51. The van der Waals surface area contributed by atoms with E-state index >= 15 is 0 Å². The average Bonchev–Trinajstić information content (AvgIpc) is 2.71. The molecule has 1 aliphatic heterocycles. The van der Waals surface area contributed by atoms with Crippen molar-refractivity contribution in [3.05, 3.63) is 0 Å². The maximum atomic E-state index is 12.4. The van der Waals surface area contributed by atoms with Crippen LogP contribution in [0.2, 0.25) is 0 Å². The van der Waals surface area contributed by atoms with E-state index in [9.17, 15) is 9.59 Å². The van der Waals surface area contributed by atoms with E-state index in [1.165, 1.54) is 0 Å². The van der Waals surface area contributed by atoms with Crippen molar-refractivity contribution in [3.63, 3.8) is 0 Å². The Hall–Kier alpha value is -1.10. The third-order valence-corrected chi connectivity index (χ3v) is 4.38. The van der Waals surface area contributed by atoms with Crippen molar-refractivity contribution < 1.29 is 14.7 Å². The maximum absolute atomic E-state index is 12.4. The fourth-order valence-corrected chi connectivity index (χ4v) is 3.17. The molecule has 1 amide bonds. The summed E-state index contributed by atoms with van der Waals surface area (Å²) in [6.07, 6.45) is 3.90. The van der Waals surface area contributed by atoms with Crippen molar-refractivity contribution in [2.75, 3.05) is 13.1 Å². The van der Waals surface area contributed by atoms with E-state index in [2.05, 4.69) is 0 Å². The molecule has 4 atom stereocenters. The Kier molecular flexibility index (Phi) is 3.90. The van der Waals surface area contributed by atoms with E-state index in [0.29, 0.717) is 13.1 Å². The summed E-state index contributed by atoms with van der Waals surface area (Å²) in [4.78, 5) is 25.1. The molecule has 1 saturated heterocycles. The Morgan fingerprint density at radius 1 is 1.17 bits per heavy atom. The quantitative estimate of drug-likeness (QED) is 0.759. The van der Waals surface area contributed by atoms with Crippen LogP contribution in [-0.4, -0.2) is 41.0 Å². The zero-order valence-corrected chi connectivity index (χ0v) is 10.8. The molecule has 18 heavy (non-hydrogen) atoms. The van der Waals surface area contributed by atoms with E-state index in [1.54, 1.807) is 4.90 Å². The highest BCUT2D eigenvalue weighted by Gasteiger charge is 2.40. The van der Waals surface area contributed by atoms with Gasteiger partial charge < -0.3 is 15.7 Å². The fraction of sp³-hybridized carbons (Fsp3) is 0.846. The molecule has 0 aromatic rings. The molecular formula is C13H22N2O3. The second kappa shape index (κ2) is 5.26. The summed E-state index contributed by atoms with van der Waals surface area (Å²) >= 11 is 0. The van der Waals surface area contributed by atoms with Gasteiger partial charge in [0.15, 0.2) is 0 Å². The molecule has 5 heteroatoms. The first kappa shape index (κ1) is 13.3. The average molecular weight is 254 g/mol. The minimum absolute atomic E-state index is 0.0336. The molecule has 2 aliphatic rings. The first-order valence-electron chi connectivity index (χ1n) is 6.78. The number of likely N-dealkylation sites (tertiary alicyclic amines) is 1. The van der Waals surface area contributed by atoms with Gasteiger partial charge in [-0.25, -0.2) is 0 Å². The zero-order valence-electron chi connectivity index (χ0n) is 10.8. The van der Waals surface area contributed by atoms with Crippen LogP contribution in [0.3, 0.4) is 0 Å². The predicted octanol–water partition coefficient (Wildman–Crippen LogP) is 0.683. The molecule has 3 N–H and O–H groups in total. The Morgan fingerprint density at radius 3 is 2.39 bits per heavy atom. The molecule has 2 rings (SSSR count). The molecule has 0 aromatic heterocycles. The van der Waals surface area contributed by atoms with Crippen LogP contribution in [0.5, 0.6) is 0 Å². The minimum atomic E-state index is -0.800. The van der Waals surface area contributed by atoms with Crippen LogP contribution in [0.1, 0.15) is 32.6 Å². The third-order valence-electron chi connectivity index (χ3n) is 4.38. The Labute approximate surface area is 107 Å². The largest absolute Gasteiger partial charge is 0.481 e. The molecule has 1 saturated carbocycles. The Bertz CT molecular complexity index is 345. The lowest BCUT2D eigenvalue weighted by molar-refractivity contribution is -0.142. The van der Waals surface area contributed by atoms with Gasteiger partial charge in [-0.15, -0.1) is 0 Å². The molecule has 0 aromatic carbocycles. The van der Waals surface area contributed by atoms with Gasteiger partial charge in [0.05, 0.1) is 11.8 Å². The number of hydrogen-bond acceptors (Lipinski definition) is 3. The second-order valence-corrected chi connectivity index (χ2v) is 5.72. The van der Waals surface area contributed by atoms with Gasteiger partial charge in [-0.3, -0.25) is 9.59 Å². The summed E-state index contributed by atoms with van der Waals surface area (Å²) in [5, 5.41) is 9.08. The van der Waals surface area contributed by atoms with Crippen molar-refractivity contribution in [1.82, 2.24) is 4.90 Å². The Balaban J connectivity index is 2.00. The summed E-state index contributed by atoms with van der Waals surface area (Å²) in [6.45, 7) is 2.80. The van der Waals surface area contributed by atoms with Gasteiger partial charge in [0.1, 0.15) is 0 Å². The minimum Gasteiger partial charge on any atom is -0.481 e. The topological polar surface area (TPSA) is 83.6 Å². The maximum Gasteiger partial charge on any atom is 0.308 e. The summed E-state index contributed by atoms with van der Waals surface area (Å²) in [6, 6.07) is -0.0505. The molecule has 2 fully saturated rings. The number of hydrogen-bond donors (Lipinski definition) is 2. The van der Waals surface area contributed by atoms with Gasteiger partial charge in [-0.2, -0.15) is 0 Å². The lowest BCUT2D eigenvalue weighted by Gasteiger charge is -2.31. The highest BCUT2D eigenvalue weighted by atomic mass is 16.4. The normalized spacial score (nSPS) is 36.7. The second-order valence-electron chi connectivity index (χ2n) is 5.72. The molecule has 1 aliphatic carbocycles. The van der Waals surface area contributed by atoms with Gasteiger partial charge in [-0.1, -0.05) is 19.8 Å². The number of carboxylic acid groups (broad SMARTS) is 1. The van der Waals surface area contributed by atoms with Crippen LogP contribution in [0.4, 0.5) is 0 Å². The first-order chi connectivity index (χ1) is 8.50. The van der Waals surface area contributed by atoms with E-state index in [-0.39, 0.29) is 23.8 Å². The highest BCUT2D eigenvalue weighted by molar-refractivity contribution is 5.81. The van der Waals surface area contributed by atoms with Crippen LogP contribution in [0, 0.1) is 17.8 Å². The lowest BCUT2D eigenvalue weighted by Crippen LogP contribution is -2.45. The molecule has 5 nitrogen and oxygen atoms in total. The highest BCUT2D eigenvalue weighted by Crippen LogP contribution is 2.29. The number of aliphatic carboxylic acids is 1. The smallest absolute Gasteiger partial charge is 0.308 e. The summed E-state index contributed by atoms with van der Waals surface area (Å²) in [7, 11) is 0. The van der Waals surface area contributed by atoms with Crippen LogP contribution in [-0.2, 0) is 9.59 Å². The number of carboxylic acids is 1. The first-order valence-corrected chi connectivity index (χ1v) is 6.78. The number of carbonyl (C=O) groups excluding carboxylic acids is 1. The molecule has 0 bridgehead atoms. The monoisotopic (exact) mass is 254 g/mol. The molecular weight excluding hydrogens is 232 g/mol. The summed E-state index contributed by atoms with van der Waals surface area (Å²) < 4.78 is 0. The van der Waals surface area contributed by atoms with E-state index in [4.69, 9.17) is 10.8 Å². The predicted molar refractivity (Wildman–Crippen MR) is 66.8 cm³/mol. The van der Waals surface area contributed by atoms with Crippen LogP contribution >= 0.6 is 0 Å². The van der Waals surface area contributed by atoms with Gasteiger partial charge in [-0.05, 0) is 18.8 Å². The summed E-state index contributed by atoms with van der Waals surface area (Å²) in [5.41, 5.74) is 6.01. The molecule has 0 radical (unpaired) electrons. The van der Waals surface area contributed by atoms with Crippen LogP contribution in [0.25, 0.3) is 0 Å². The standard InChI is InChI=1S/C13H22N2O3/c1-8-6-15(7-10(8)13(17)18)12(16)9-4-2-3-5-11(9)14/h8-11H,2-7,14H2,1H3,(H,17,18). The Morgan fingerprint density at radius 2 is 1.83 bits per heavy atom. The molecule has 4 unspecified atom stereocenters.